The molecule has 0 aliphatic rings. The molecule has 1 unspecified atom stereocenters. The van der Waals surface area contributed by atoms with Crippen molar-refractivity contribution in [3.05, 3.63) is 34.2 Å². The third-order valence-corrected chi connectivity index (χ3v) is 3.80. The van der Waals surface area contributed by atoms with E-state index in [1.54, 1.807) is 23.6 Å². The minimum atomic E-state index is 0.195. The van der Waals surface area contributed by atoms with Gasteiger partial charge in [-0.05, 0) is 32.4 Å². The second kappa shape index (κ2) is 6.52. The zero-order chi connectivity index (χ0) is 13.7. The van der Waals surface area contributed by atoms with Gasteiger partial charge in [0.2, 0.25) is 11.8 Å². The summed E-state index contributed by atoms with van der Waals surface area (Å²) in [6.07, 6.45) is 2.68. The van der Waals surface area contributed by atoms with Gasteiger partial charge >= 0.3 is 0 Å². The van der Waals surface area contributed by atoms with Crippen LogP contribution in [0.2, 0.25) is 0 Å². The van der Waals surface area contributed by atoms with E-state index in [4.69, 9.17) is 4.74 Å². The SMILES string of the molecule is CCCOc1ccnc(NC(C)c2ccc(C)s2)n1. The summed E-state index contributed by atoms with van der Waals surface area (Å²) in [6, 6.07) is 6.23. The van der Waals surface area contributed by atoms with Crippen LogP contribution in [0.5, 0.6) is 5.88 Å². The van der Waals surface area contributed by atoms with E-state index in [1.165, 1.54) is 9.75 Å². The van der Waals surface area contributed by atoms with Gasteiger partial charge in [0.25, 0.3) is 0 Å². The van der Waals surface area contributed by atoms with Crippen LogP contribution in [0.4, 0.5) is 5.95 Å². The van der Waals surface area contributed by atoms with Crippen molar-refractivity contribution in [2.24, 2.45) is 0 Å². The Morgan fingerprint density at radius 1 is 1.37 bits per heavy atom. The number of anilines is 1. The topological polar surface area (TPSA) is 47.0 Å². The van der Waals surface area contributed by atoms with E-state index in [0.29, 0.717) is 18.4 Å². The number of nitrogens with zero attached hydrogens (tertiary/aromatic N) is 2. The van der Waals surface area contributed by atoms with Gasteiger partial charge < -0.3 is 10.1 Å². The average molecular weight is 277 g/mol. The summed E-state index contributed by atoms with van der Waals surface area (Å²) >= 11 is 1.78. The van der Waals surface area contributed by atoms with Crippen molar-refractivity contribution in [2.75, 3.05) is 11.9 Å². The maximum Gasteiger partial charge on any atom is 0.226 e. The van der Waals surface area contributed by atoms with Gasteiger partial charge in [-0.2, -0.15) is 4.98 Å². The van der Waals surface area contributed by atoms with E-state index in [1.807, 2.05) is 0 Å². The highest BCUT2D eigenvalue weighted by atomic mass is 32.1. The zero-order valence-electron chi connectivity index (χ0n) is 11.5. The van der Waals surface area contributed by atoms with Crippen LogP contribution in [0.1, 0.15) is 36.1 Å². The number of thiophene rings is 1. The second-order valence-electron chi connectivity index (χ2n) is 4.38. The zero-order valence-corrected chi connectivity index (χ0v) is 12.3. The molecular formula is C14H19N3OS. The highest BCUT2D eigenvalue weighted by molar-refractivity contribution is 7.12. The molecule has 2 aromatic rings. The Labute approximate surface area is 117 Å². The molecule has 0 spiro atoms. The molecule has 0 aliphatic heterocycles. The second-order valence-corrected chi connectivity index (χ2v) is 5.70. The molecule has 0 fully saturated rings. The van der Waals surface area contributed by atoms with Crippen LogP contribution in [-0.2, 0) is 0 Å². The molecule has 0 radical (unpaired) electrons. The first-order valence-corrected chi connectivity index (χ1v) is 7.29. The van der Waals surface area contributed by atoms with Gasteiger partial charge in [-0.3, -0.25) is 0 Å². The van der Waals surface area contributed by atoms with Crippen molar-refractivity contribution < 1.29 is 4.74 Å². The summed E-state index contributed by atoms with van der Waals surface area (Å²) in [4.78, 5) is 11.2. The molecule has 19 heavy (non-hydrogen) atoms. The third kappa shape index (κ3) is 3.92. The van der Waals surface area contributed by atoms with Crippen molar-refractivity contribution in [1.82, 2.24) is 9.97 Å². The molecule has 0 saturated heterocycles. The monoisotopic (exact) mass is 277 g/mol. The molecule has 2 rings (SSSR count). The quantitative estimate of drug-likeness (QED) is 0.872. The van der Waals surface area contributed by atoms with Crippen molar-refractivity contribution >= 4 is 17.3 Å². The van der Waals surface area contributed by atoms with Crippen molar-refractivity contribution in [2.45, 2.75) is 33.2 Å². The largest absolute Gasteiger partial charge is 0.478 e. The Kier molecular flexibility index (Phi) is 4.74. The predicted molar refractivity (Wildman–Crippen MR) is 78.9 cm³/mol. The molecule has 0 saturated carbocycles. The van der Waals surface area contributed by atoms with E-state index in [9.17, 15) is 0 Å². The molecule has 102 valence electrons. The van der Waals surface area contributed by atoms with Gasteiger partial charge in [-0.15, -0.1) is 11.3 Å². The van der Waals surface area contributed by atoms with Gasteiger partial charge in [0.15, 0.2) is 0 Å². The van der Waals surface area contributed by atoms with E-state index in [-0.39, 0.29) is 6.04 Å². The smallest absolute Gasteiger partial charge is 0.226 e. The summed E-state index contributed by atoms with van der Waals surface area (Å²) in [7, 11) is 0. The van der Waals surface area contributed by atoms with Gasteiger partial charge in [-0.1, -0.05) is 6.92 Å². The van der Waals surface area contributed by atoms with E-state index < -0.39 is 0 Å². The summed E-state index contributed by atoms with van der Waals surface area (Å²) in [5.41, 5.74) is 0. The van der Waals surface area contributed by atoms with Crippen LogP contribution >= 0.6 is 11.3 Å². The van der Waals surface area contributed by atoms with Crippen LogP contribution in [0, 0.1) is 6.92 Å². The van der Waals surface area contributed by atoms with Crippen molar-refractivity contribution in [3.8, 4) is 5.88 Å². The lowest BCUT2D eigenvalue weighted by Gasteiger charge is -2.12. The average Bonchev–Trinajstić information content (AvgIpc) is 2.83. The van der Waals surface area contributed by atoms with Crippen LogP contribution in [-0.4, -0.2) is 16.6 Å². The Balaban J connectivity index is 2.02. The summed E-state index contributed by atoms with van der Waals surface area (Å²) in [6.45, 7) is 6.96. The number of rotatable bonds is 6. The summed E-state index contributed by atoms with van der Waals surface area (Å²) in [5.74, 6) is 1.22. The van der Waals surface area contributed by atoms with E-state index >= 15 is 0 Å². The summed E-state index contributed by atoms with van der Waals surface area (Å²) in [5, 5.41) is 3.30. The molecule has 0 bridgehead atoms. The van der Waals surface area contributed by atoms with Crippen molar-refractivity contribution in [3.63, 3.8) is 0 Å². The Hall–Kier alpha value is -1.62. The van der Waals surface area contributed by atoms with Crippen molar-refractivity contribution in [1.29, 1.82) is 0 Å². The highest BCUT2D eigenvalue weighted by Gasteiger charge is 2.09. The molecule has 0 aromatic carbocycles. The minimum Gasteiger partial charge on any atom is -0.478 e. The lowest BCUT2D eigenvalue weighted by Crippen LogP contribution is -2.09. The maximum absolute atomic E-state index is 5.50. The number of nitrogens with one attached hydrogen (secondary N) is 1. The predicted octanol–water partition coefficient (Wildman–Crippen LogP) is 3.81. The molecule has 1 atom stereocenters. The molecule has 2 aromatic heterocycles. The fourth-order valence-corrected chi connectivity index (χ4v) is 2.53. The fraction of sp³-hybridized carbons (Fsp3) is 0.429. The molecule has 2 heterocycles. The normalized spacial score (nSPS) is 12.2. The molecule has 0 aliphatic carbocycles. The molecule has 1 N–H and O–H groups in total. The first-order chi connectivity index (χ1) is 9.19. The number of ether oxygens (including phenoxy) is 1. The number of hydrogen-bond acceptors (Lipinski definition) is 5. The van der Waals surface area contributed by atoms with E-state index in [0.717, 1.165) is 6.42 Å². The fourth-order valence-electron chi connectivity index (χ4n) is 1.65. The van der Waals surface area contributed by atoms with Gasteiger partial charge in [0.1, 0.15) is 0 Å². The Morgan fingerprint density at radius 2 is 2.21 bits per heavy atom. The first kappa shape index (κ1) is 13.8. The van der Waals surface area contributed by atoms with Crippen LogP contribution < -0.4 is 10.1 Å². The molecular weight excluding hydrogens is 258 g/mol. The maximum atomic E-state index is 5.50. The minimum absolute atomic E-state index is 0.195. The Morgan fingerprint density at radius 3 is 2.89 bits per heavy atom. The van der Waals surface area contributed by atoms with Gasteiger partial charge in [0, 0.05) is 22.0 Å². The summed E-state index contributed by atoms with van der Waals surface area (Å²) < 4.78 is 5.50. The van der Waals surface area contributed by atoms with Gasteiger partial charge in [0.05, 0.1) is 12.6 Å². The highest BCUT2D eigenvalue weighted by Crippen LogP contribution is 2.24. The molecule has 5 heteroatoms. The van der Waals surface area contributed by atoms with Crippen LogP contribution in [0.15, 0.2) is 24.4 Å². The Bertz CT molecular complexity index is 527. The lowest BCUT2D eigenvalue weighted by molar-refractivity contribution is 0.305. The van der Waals surface area contributed by atoms with E-state index in [2.05, 4.69) is 48.2 Å². The standard InChI is InChI=1S/C14H19N3OS/c1-4-9-18-13-7-8-15-14(17-13)16-11(3)12-6-5-10(2)19-12/h5-8,11H,4,9H2,1-3H3,(H,15,16,17). The number of aromatic nitrogens is 2. The molecule has 4 nitrogen and oxygen atoms in total. The van der Waals surface area contributed by atoms with Crippen LogP contribution in [0.25, 0.3) is 0 Å². The molecule has 0 amide bonds. The number of aryl methyl sites for hydroxylation is 1. The van der Waals surface area contributed by atoms with Crippen LogP contribution in [0.3, 0.4) is 0 Å². The first-order valence-electron chi connectivity index (χ1n) is 6.47. The number of hydrogen-bond donors (Lipinski definition) is 1. The third-order valence-electron chi connectivity index (χ3n) is 2.62. The van der Waals surface area contributed by atoms with Gasteiger partial charge in [-0.25, -0.2) is 4.98 Å². The lowest BCUT2D eigenvalue weighted by atomic mass is 10.3.